The standard InChI is InChI=1S/C27H31N7O2.ClH/c1-17-25(31-32-34(17)21-9-11-29-12-10-21)19-13-24(26-20(14-28)15-30-33(26)16-19)36-18(2)22-7-5-6-8-23(22)27(3,4)35;/h5-8,13,15-16,18,21,29,35H,9-12H2,1-4H3;1H. The molecule has 0 saturated carbocycles. The predicted molar refractivity (Wildman–Crippen MR) is 143 cm³/mol. The van der Waals surface area contributed by atoms with E-state index < -0.39 is 5.60 Å². The largest absolute Gasteiger partial charge is 0.484 e. The molecule has 4 heterocycles. The maximum Gasteiger partial charge on any atom is 0.148 e. The van der Waals surface area contributed by atoms with Crippen molar-refractivity contribution in [1.82, 2.24) is 29.9 Å². The van der Waals surface area contributed by atoms with Crippen LogP contribution in [-0.2, 0) is 5.60 Å². The highest BCUT2D eigenvalue weighted by Crippen LogP contribution is 2.36. The Labute approximate surface area is 222 Å². The molecule has 9 nitrogen and oxygen atoms in total. The molecule has 0 amide bonds. The van der Waals surface area contributed by atoms with E-state index in [-0.39, 0.29) is 18.5 Å². The molecule has 3 aromatic heterocycles. The Bertz CT molecular complexity index is 1440. The highest BCUT2D eigenvalue weighted by Gasteiger charge is 2.25. The van der Waals surface area contributed by atoms with Gasteiger partial charge in [-0.25, -0.2) is 9.20 Å². The summed E-state index contributed by atoms with van der Waals surface area (Å²) < 4.78 is 10.2. The van der Waals surface area contributed by atoms with E-state index in [4.69, 9.17) is 4.74 Å². The van der Waals surface area contributed by atoms with Gasteiger partial charge < -0.3 is 15.2 Å². The van der Waals surface area contributed by atoms with Crippen LogP contribution in [0.4, 0.5) is 0 Å². The second-order valence-electron chi connectivity index (χ2n) is 9.91. The molecule has 1 aromatic carbocycles. The van der Waals surface area contributed by atoms with Crippen molar-refractivity contribution in [1.29, 1.82) is 5.26 Å². The Hall–Kier alpha value is -3.45. The lowest BCUT2D eigenvalue weighted by atomic mass is 9.91. The molecule has 10 heteroatoms. The Kier molecular flexibility index (Phi) is 7.55. The lowest BCUT2D eigenvalue weighted by molar-refractivity contribution is 0.0748. The number of aromatic nitrogens is 5. The van der Waals surface area contributed by atoms with Gasteiger partial charge >= 0.3 is 0 Å². The zero-order valence-electron chi connectivity index (χ0n) is 21.5. The van der Waals surface area contributed by atoms with Crippen LogP contribution in [0.25, 0.3) is 16.8 Å². The van der Waals surface area contributed by atoms with Crippen LogP contribution in [0.2, 0.25) is 0 Å². The first-order valence-corrected chi connectivity index (χ1v) is 12.3. The summed E-state index contributed by atoms with van der Waals surface area (Å²) in [6, 6.07) is 12.1. The molecule has 0 bridgehead atoms. The second-order valence-corrected chi connectivity index (χ2v) is 9.91. The topological polar surface area (TPSA) is 113 Å². The van der Waals surface area contributed by atoms with E-state index >= 15 is 0 Å². The van der Waals surface area contributed by atoms with Gasteiger partial charge in [-0.05, 0) is 70.8 Å². The number of hydrogen-bond donors (Lipinski definition) is 2. The van der Waals surface area contributed by atoms with Gasteiger partial charge in [-0.15, -0.1) is 17.5 Å². The lowest BCUT2D eigenvalue weighted by Gasteiger charge is -2.25. The van der Waals surface area contributed by atoms with Crippen LogP contribution < -0.4 is 10.1 Å². The van der Waals surface area contributed by atoms with Crippen LogP contribution in [-0.4, -0.2) is 42.8 Å². The summed E-state index contributed by atoms with van der Waals surface area (Å²) in [5.74, 6) is 0.524. The Morgan fingerprint density at radius 1 is 1.24 bits per heavy atom. The number of piperidine rings is 1. The van der Waals surface area contributed by atoms with E-state index in [9.17, 15) is 10.4 Å². The Morgan fingerprint density at radius 3 is 2.68 bits per heavy atom. The second kappa shape index (κ2) is 10.5. The van der Waals surface area contributed by atoms with Gasteiger partial charge in [0.2, 0.25) is 0 Å². The summed E-state index contributed by atoms with van der Waals surface area (Å²) in [5, 5.41) is 37.2. The van der Waals surface area contributed by atoms with Gasteiger partial charge in [-0.2, -0.15) is 10.4 Å². The third-order valence-electron chi connectivity index (χ3n) is 6.91. The monoisotopic (exact) mass is 521 g/mol. The van der Waals surface area contributed by atoms with E-state index in [0.717, 1.165) is 54.0 Å². The van der Waals surface area contributed by atoms with E-state index in [0.29, 0.717) is 22.9 Å². The first-order valence-electron chi connectivity index (χ1n) is 12.3. The maximum absolute atomic E-state index is 10.7. The summed E-state index contributed by atoms with van der Waals surface area (Å²) in [5.41, 5.74) is 4.22. The van der Waals surface area contributed by atoms with E-state index in [2.05, 4.69) is 26.8 Å². The van der Waals surface area contributed by atoms with Crippen molar-refractivity contribution in [2.45, 2.75) is 58.3 Å². The molecule has 1 fully saturated rings. The fourth-order valence-electron chi connectivity index (χ4n) is 5.05. The number of halogens is 1. The highest BCUT2D eigenvalue weighted by atomic mass is 35.5. The van der Waals surface area contributed by atoms with Crippen LogP contribution >= 0.6 is 12.4 Å². The van der Waals surface area contributed by atoms with Crippen molar-refractivity contribution in [3.63, 3.8) is 0 Å². The summed E-state index contributed by atoms with van der Waals surface area (Å²) in [4.78, 5) is 0. The quantitative estimate of drug-likeness (QED) is 0.384. The van der Waals surface area contributed by atoms with Crippen molar-refractivity contribution in [2.75, 3.05) is 13.1 Å². The van der Waals surface area contributed by atoms with Gasteiger partial charge in [-0.1, -0.05) is 29.5 Å². The molecule has 37 heavy (non-hydrogen) atoms. The van der Waals surface area contributed by atoms with Crippen molar-refractivity contribution < 1.29 is 9.84 Å². The summed E-state index contributed by atoms with van der Waals surface area (Å²) in [7, 11) is 0. The molecule has 1 saturated heterocycles. The fourth-order valence-corrected chi connectivity index (χ4v) is 5.05. The van der Waals surface area contributed by atoms with Crippen molar-refractivity contribution >= 4 is 17.9 Å². The summed E-state index contributed by atoms with van der Waals surface area (Å²) in [6.45, 7) is 9.44. The number of rotatable bonds is 6. The molecule has 2 N–H and O–H groups in total. The zero-order chi connectivity index (χ0) is 25.4. The minimum atomic E-state index is -1.02. The number of benzene rings is 1. The average molecular weight is 522 g/mol. The number of nitrogens with zero attached hydrogens (tertiary/aromatic N) is 6. The third-order valence-corrected chi connectivity index (χ3v) is 6.91. The predicted octanol–water partition coefficient (Wildman–Crippen LogP) is 4.49. The lowest BCUT2D eigenvalue weighted by Crippen LogP contribution is -2.30. The highest BCUT2D eigenvalue weighted by molar-refractivity contribution is 5.85. The fraction of sp³-hybridized carbons (Fsp3) is 0.407. The summed E-state index contributed by atoms with van der Waals surface area (Å²) in [6.07, 6.45) is 5.04. The van der Waals surface area contributed by atoms with Crippen molar-refractivity contribution in [2.24, 2.45) is 0 Å². The van der Waals surface area contributed by atoms with Gasteiger partial charge in [-0.3, -0.25) is 0 Å². The number of fused-ring (bicyclic) bond motifs is 1. The normalized spacial score (nSPS) is 15.2. The molecular formula is C27H32ClN7O2. The van der Waals surface area contributed by atoms with Crippen LogP contribution in [0.1, 0.15) is 68.1 Å². The molecule has 1 aliphatic rings. The number of pyridine rings is 1. The van der Waals surface area contributed by atoms with Gasteiger partial charge in [0.15, 0.2) is 0 Å². The van der Waals surface area contributed by atoms with Gasteiger partial charge in [0, 0.05) is 11.8 Å². The van der Waals surface area contributed by atoms with Crippen LogP contribution in [0.15, 0.2) is 42.7 Å². The minimum Gasteiger partial charge on any atom is -0.484 e. The molecule has 1 atom stereocenters. The molecule has 1 aliphatic heterocycles. The van der Waals surface area contributed by atoms with E-state index in [1.807, 2.05) is 55.1 Å². The van der Waals surface area contributed by atoms with Gasteiger partial charge in [0.25, 0.3) is 0 Å². The number of nitrogens with one attached hydrogen (secondary N) is 1. The molecule has 4 aromatic rings. The van der Waals surface area contributed by atoms with E-state index in [1.165, 1.54) is 0 Å². The number of ether oxygens (including phenoxy) is 1. The zero-order valence-corrected chi connectivity index (χ0v) is 22.3. The van der Waals surface area contributed by atoms with Crippen molar-refractivity contribution in [3.8, 4) is 23.1 Å². The first kappa shape index (κ1) is 26.6. The maximum atomic E-state index is 10.7. The average Bonchev–Trinajstić information content (AvgIpc) is 3.47. The van der Waals surface area contributed by atoms with Gasteiger partial charge in [0.05, 0.1) is 23.5 Å². The molecule has 0 aliphatic carbocycles. The SMILES string of the molecule is Cc1c(-c2cc(OC(C)c3ccccc3C(C)(C)O)c3c(C#N)cnn3c2)nnn1C1CCNCC1.Cl. The van der Waals surface area contributed by atoms with Gasteiger partial charge in [0.1, 0.15) is 34.7 Å². The molecule has 1 unspecified atom stereocenters. The first-order chi connectivity index (χ1) is 17.3. The van der Waals surface area contributed by atoms with Crippen molar-refractivity contribution in [3.05, 3.63) is 65.1 Å². The number of nitriles is 1. The Morgan fingerprint density at radius 2 is 1.97 bits per heavy atom. The molecule has 5 rings (SSSR count). The van der Waals surface area contributed by atoms with Crippen LogP contribution in [0.5, 0.6) is 5.75 Å². The smallest absolute Gasteiger partial charge is 0.148 e. The number of hydrogen-bond acceptors (Lipinski definition) is 7. The molecule has 0 spiro atoms. The number of aliphatic hydroxyl groups is 1. The molecular weight excluding hydrogens is 490 g/mol. The summed E-state index contributed by atoms with van der Waals surface area (Å²) >= 11 is 0. The molecule has 194 valence electrons. The Balaban J connectivity index is 0.00000320. The van der Waals surface area contributed by atoms with E-state index in [1.54, 1.807) is 24.6 Å². The third kappa shape index (κ3) is 5.05. The van der Waals surface area contributed by atoms with Crippen LogP contribution in [0.3, 0.4) is 0 Å². The minimum absolute atomic E-state index is 0. The van der Waals surface area contributed by atoms with Crippen LogP contribution in [0, 0.1) is 18.3 Å². The molecule has 0 radical (unpaired) electrons.